The molecule has 5 nitrogen and oxygen atoms in total. The molecule has 3 aromatic carbocycles. The lowest BCUT2D eigenvalue weighted by Crippen LogP contribution is -2.11. The first-order valence-electron chi connectivity index (χ1n) is 8.73. The van der Waals surface area contributed by atoms with Crippen LogP contribution in [0.5, 0.6) is 0 Å². The Bertz CT molecular complexity index is 1150. The molecule has 0 aliphatic rings. The monoisotopic (exact) mass is 387 g/mol. The predicted molar refractivity (Wildman–Crippen MR) is 113 cm³/mol. The average molecular weight is 387 g/mol. The molecule has 0 unspecified atom stereocenters. The van der Waals surface area contributed by atoms with E-state index in [-0.39, 0.29) is 11.8 Å². The Morgan fingerprint density at radius 1 is 0.821 bits per heavy atom. The minimum Gasteiger partial charge on any atom is -0.322 e. The molecule has 2 amide bonds. The van der Waals surface area contributed by atoms with Gasteiger partial charge in [0.05, 0.1) is 10.2 Å². The molecule has 4 aromatic rings. The van der Waals surface area contributed by atoms with Gasteiger partial charge in [0.25, 0.3) is 11.8 Å². The van der Waals surface area contributed by atoms with E-state index in [1.807, 2.05) is 49.4 Å². The molecule has 0 spiro atoms. The third-order valence-corrected chi connectivity index (χ3v) is 5.17. The largest absolute Gasteiger partial charge is 0.322 e. The van der Waals surface area contributed by atoms with Gasteiger partial charge in [0.2, 0.25) is 0 Å². The maximum Gasteiger partial charge on any atom is 0.257 e. The highest BCUT2D eigenvalue weighted by Gasteiger charge is 2.11. The summed E-state index contributed by atoms with van der Waals surface area (Å²) in [5.74, 6) is -0.375. The molecular weight excluding hydrogens is 370 g/mol. The molecule has 0 radical (unpaired) electrons. The fraction of sp³-hybridized carbons (Fsp3) is 0.0455. The maximum absolute atomic E-state index is 12.4. The zero-order valence-corrected chi connectivity index (χ0v) is 15.9. The van der Waals surface area contributed by atoms with E-state index >= 15 is 0 Å². The quantitative estimate of drug-likeness (QED) is 0.511. The maximum atomic E-state index is 12.4. The van der Waals surface area contributed by atoms with Crippen LogP contribution >= 0.6 is 11.3 Å². The molecule has 1 aromatic heterocycles. The minimum atomic E-state index is -0.198. The van der Waals surface area contributed by atoms with E-state index in [1.165, 1.54) is 11.3 Å². The first-order valence-corrected chi connectivity index (χ1v) is 9.55. The summed E-state index contributed by atoms with van der Waals surface area (Å²) >= 11 is 1.39. The average Bonchev–Trinajstić information content (AvgIpc) is 3.10. The van der Waals surface area contributed by atoms with E-state index in [0.717, 1.165) is 15.8 Å². The van der Waals surface area contributed by atoms with E-state index < -0.39 is 0 Å². The van der Waals surface area contributed by atoms with Crippen LogP contribution < -0.4 is 10.6 Å². The first kappa shape index (κ1) is 17.9. The highest BCUT2D eigenvalue weighted by atomic mass is 32.1. The number of thiazole rings is 1. The molecule has 28 heavy (non-hydrogen) atoms. The summed E-state index contributed by atoms with van der Waals surface area (Å²) in [6, 6.07) is 21.9. The summed E-state index contributed by atoms with van der Waals surface area (Å²) < 4.78 is 0.928. The van der Waals surface area contributed by atoms with Gasteiger partial charge in [-0.3, -0.25) is 14.9 Å². The van der Waals surface area contributed by atoms with Gasteiger partial charge in [0.15, 0.2) is 5.13 Å². The molecular formula is C22H17N3O2S. The van der Waals surface area contributed by atoms with Crippen molar-refractivity contribution < 1.29 is 9.59 Å². The van der Waals surface area contributed by atoms with Crippen molar-refractivity contribution in [2.75, 3.05) is 10.6 Å². The lowest BCUT2D eigenvalue weighted by atomic mass is 10.1. The molecule has 0 saturated carbocycles. The summed E-state index contributed by atoms with van der Waals surface area (Å²) in [6.07, 6.45) is 0. The topological polar surface area (TPSA) is 71.1 Å². The van der Waals surface area contributed by atoms with Gasteiger partial charge in [-0.1, -0.05) is 47.2 Å². The molecule has 138 valence electrons. The summed E-state index contributed by atoms with van der Waals surface area (Å²) in [4.78, 5) is 29.1. The molecule has 0 bridgehead atoms. The number of rotatable bonds is 4. The van der Waals surface area contributed by atoms with Gasteiger partial charge in [-0.05, 0) is 49.4 Å². The second kappa shape index (κ2) is 7.62. The molecule has 2 N–H and O–H groups in total. The van der Waals surface area contributed by atoms with E-state index in [0.29, 0.717) is 21.9 Å². The van der Waals surface area contributed by atoms with Gasteiger partial charge in [-0.2, -0.15) is 0 Å². The van der Waals surface area contributed by atoms with E-state index in [1.54, 1.807) is 30.3 Å². The van der Waals surface area contributed by atoms with Crippen LogP contribution in [0.4, 0.5) is 10.8 Å². The Kier molecular flexibility index (Phi) is 4.87. The van der Waals surface area contributed by atoms with Crippen molar-refractivity contribution in [3.05, 3.63) is 89.5 Å². The summed E-state index contributed by atoms with van der Waals surface area (Å²) in [5.41, 5.74) is 3.65. The number of carbonyl (C=O) groups excluding carboxylic acids is 2. The number of carbonyl (C=O) groups is 2. The number of nitrogens with one attached hydrogen (secondary N) is 2. The smallest absolute Gasteiger partial charge is 0.257 e. The van der Waals surface area contributed by atoms with Gasteiger partial charge in [-0.25, -0.2) is 4.98 Å². The van der Waals surface area contributed by atoms with Crippen molar-refractivity contribution in [2.45, 2.75) is 6.92 Å². The summed E-state index contributed by atoms with van der Waals surface area (Å²) in [5, 5.41) is 6.22. The lowest BCUT2D eigenvalue weighted by Gasteiger charge is -2.04. The number of hydrogen-bond donors (Lipinski definition) is 2. The minimum absolute atomic E-state index is 0.178. The summed E-state index contributed by atoms with van der Waals surface area (Å²) in [7, 11) is 0. The number of nitrogens with zero attached hydrogens (tertiary/aromatic N) is 1. The molecule has 0 aliphatic carbocycles. The van der Waals surface area contributed by atoms with Crippen molar-refractivity contribution in [1.82, 2.24) is 4.98 Å². The first-order chi connectivity index (χ1) is 13.6. The fourth-order valence-electron chi connectivity index (χ4n) is 2.73. The van der Waals surface area contributed by atoms with Crippen LogP contribution in [-0.2, 0) is 0 Å². The molecule has 0 fully saturated rings. The van der Waals surface area contributed by atoms with Crippen LogP contribution in [-0.4, -0.2) is 16.8 Å². The third-order valence-electron chi connectivity index (χ3n) is 4.22. The van der Waals surface area contributed by atoms with Crippen LogP contribution in [0.3, 0.4) is 0 Å². The van der Waals surface area contributed by atoms with Crippen molar-refractivity contribution in [1.29, 1.82) is 0 Å². The van der Waals surface area contributed by atoms with Gasteiger partial charge < -0.3 is 5.32 Å². The molecule has 0 atom stereocenters. The standard InChI is InChI=1S/C22H17N3O2S/c1-14-7-9-16(10-8-14)21(27)25-22-24-18-13-17(11-12-19(18)28-22)23-20(26)15-5-3-2-4-6-15/h2-13H,1H3,(H,23,26)(H,24,25,27). The van der Waals surface area contributed by atoms with Gasteiger partial charge in [-0.15, -0.1) is 0 Å². The number of aryl methyl sites for hydroxylation is 1. The molecule has 0 saturated heterocycles. The number of amides is 2. The zero-order valence-electron chi connectivity index (χ0n) is 15.1. The van der Waals surface area contributed by atoms with Crippen molar-refractivity contribution >= 4 is 44.2 Å². The Morgan fingerprint density at radius 3 is 2.25 bits per heavy atom. The van der Waals surface area contributed by atoms with Crippen LogP contribution in [0.1, 0.15) is 26.3 Å². The van der Waals surface area contributed by atoms with Gasteiger partial charge >= 0.3 is 0 Å². The van der Waals surface area contributed by atoms with Crippen LogP contribution in [0, 0.1) is 6.92 Å². The molecule has 4 rings (SSSR count). The number of benzene rings is 3. The number of fused-ring (bicyclic) bond motifs is 1. The van der Waals surface area contributed by atoms with Gasteiger partial charge in [0.1, 0.15) is 0 Å². The Hall–Kier alpha value is -3.51. The Morgan fingerprint density at radius 2 is 1.50 bits per heavy atom. The van der Waals surface area contributed by atoms with Crippen molar-refractivity contribution in [3.63, 3.8) is 0 Å². The second-order valence-corrected chi connectivity index (χ2v) is 7.37. The number of hydrogen-bond acceptors (Lipinski definition) is 4. The number of aromatic nitrogens is 1. The van der Waals surface area contributed by atoms with E-state index in [2.05, 4.69) is 15.6 Å². The molecule has 6 heteroatoms. The van der Waals surface area contributed by atoms with Crippen LogP contribution in [0.15, 0.2) is 72.8 Å². The highest BCUT2D eigenvalue weighted by molar-refractivity contribution is 7.22. The predicted octanol–water partition coefficient (Wildman–Crippen LogP) is 5.11. The van der Waals surface area contributed by atoms with Crippen molar-refractivity contribution in [2.24, 2.45) is 0 Å². The highest BCUT2D eigenvalue weighted by Crippen LogP contribution is 2.28. The third kappa shape index (κ3) is 3.92. The molecule has 1 heterocycles. The summed E-state index contributed by atoms with van der Waals surface area (Å²) in [6.45, 7) is 1.98. The number of anilines is 2. The SMILES string of the molecule is Cc1ccc(C(=O)Nc2nc3cc(NC(=O)c4ccccc4)ccc3s2)cc1. The van der Waals surface area contributed by atoms with E-state index in [9.17, 15) is 9.59 Å². The second-order valence-electron chi connectivity index (χ2n) is 6.34. The fourth-order valence-corrected chi connectivity index (χ4v) is 3.57. The molecule has 0 aliphatic heterocycles. The van der Waals surface area contributed by atoms with Crippen molar-refractivity contribution in [3.8, 4) is 0 Å². The Balaban J connectivity index is 1.51. The van der Waals surface area contributed by atoms with Crippen LogP contribution in [0.2, 0.25) is 0 Å². The van der Waals surface area contributed by atoms with Gasteiger partial charge in [0, 0.05) is 16.8 Å². The van der Waals surface area contributed by atoms with Crippen LogP contribution in [0.25, 0.3) is 10.2 Å². The normalized spacial score (nSPS) is 10.6. The lowest BCUT2D eigenvalue weighted by molar-refractivity contribution is 0.101. The Labute approximate surface area is 166 Å². The zero-order chi connectivity index (χ0) is 19.5. The van der Waals surface area contributed by atoms with E-state index in [4.69, 9.17) is 0 Å².